The zero-order valence-electron chi connectivity index (χ0n) is 11.0. The molecule has 0 spiro atoms. The number of aryl methyl sites for hydroxylation is 1. The lowest BCUT2D eigenvalue weighted by Gasteiger charge is -2.07. The van der Waals surface area contributed by atoms with E-state index < -0.39 is 10.8 Å². The maximum atomic E-state index is 12.0. The van der Waals surface area contributed by atoms with Gasteiger partial charge in [0.05, 0.1) is 4.92 Å². The first-order chi connectivity index (χ1) is 9.88. The van der Waals surface area contributed by atoms with Gasteiger partial charge in [-0.1, -0.05) is 11.6 Å². The number of benzene rings is 2. The summed E-state index contributed by atoms with van der Waals surface area (Å²) in [6.45, 7) is 1.70. The van der Waals surface area contributed by atoms with E-state index in [1.54, 1.807) is 19.1 Å². The van der Waals surface area contributed by atoms with Crippen LogP contribution in [0.2, 0.25) is 5.02 Å². The largest absolute Gasteiger partial charge is 0.508 e. The number of nitro groups is 1. The Balaban J connectivity index is 2.22. The minimum Gasteiger partial charge on any atom is -0.508 e. The summed E-state index contributed by atoms with van der Waals surface area (Å²) in [5, 5.41) is 22.6. The molecule has 0 atom stereocenters. The molecule has 0 bridgehead atoms. The number of nitrogens with zero attached hydrogens (tertiary/aromatic N) is 1. The van der Waals surface area contributed by atoms with Crippen LogP contribution in [0.3, 0.4) is 0 Å². The van der Waals surface area contributed by atoms with Gasteiger partial charge < -0.3 is 10.4 Å². The Kier molecular flexibility index (Phi) is 4.09. The molecule has 0 aromatic heterocycles. The first-order valence-electron chi connectivity index (χ1n) is 5.93. The number of anilines is 1. The molecule has 6 nitrogen and oxygen atoms in total. The molecule has 0 aliphatic heterocycles. The van der Waals surface area contributed by atoms with Gasteiger partial charge in [0.15, 0.2) is 0 Å². The number of carbonyl (C=O) groups is 1. The van der Waals surface area contributed by atoms with Crippen LogP contribution >= 0.6 is 11.6 Å². The molecule has 0 aliphatic carbocycles. The topological polar surface area (TPSA) is 92.5 Å². The summed E-state index contributed by atoms with van der Waals surface area (Å²) in [5.74, 6) is -0.316. The van der Waals surface area contributed by atoms with Crippen molar-refractivity contribution in [3.63, 3.8) is 0 Å². The van der Waals surface area contributed by atoms with Crippen molar-refractivity contribution in [1.29, 1.82) is 0 Å². The molecular formula is C14H11ClN2O4. The molecule has 0 aliphatic rings. The van der Waals surface area contributed by atoms with Crippen molar-refractivity contribution in [3.8, 4) is 5.75 Å². The van der Waals surface area contributed by atoms with Crippen LogP contribution in [0.5, 0.6) is 5.75 Å². The molecule has 108 valence electrons. The van der Waals surface area contributed by atoms with E-state index in [-0.39, 0.29) is 22.0 Å². The summed E-state index contributed by atoms with van der Waals surface area (Å²) in [5.41, 5.74) is 1.07. The average molecular weight is 307 g/mol. The van der Waals surface area contributed by atoms with Crippen LogP contribution in [0, 0.1) is 17.0 Å². The summed E-state index contributed by atoms with van der Waals surface area (Å²) in [7, 11) is 0. The second-order valence-corrected chi connectivity index (χ2v) is 4.79. The van der Waals surface area contributed by atoms with Gasteiger partial charge in [0, 0.05) is 17.3 Å². The standard InChI is InChI=1S/C14H11ClN2O4/c1-8-6-10(3-5-13(8)18)16-14(19)9-2-4-12(17(20)21)11(15)7-9/h2-7,18H,1H3,(H,16,19). The Morgan fingerprint density at radius 2 is 2.00 bits per heavy atom. The number of phenols is 1. The number of hydrogen-bond acceptors (Lipinski definition) is 4. The fourth-order valence-electron chi connectivity index (χ4n) is 1.73. The predicted molar refractivity (Wildman–Crippen MR) is 78.9 cm³/mol. The van der Waals surface area contributed by atoms with Crippen molar-refractivity contribution in [2.45, 2.75) is 6.92 Å². The Bertz CT molecular complexity index is 731. The lowest BCUT2D eigenvalue weighted by atomic mass is 10.1. The maximum absolute atomic E-state index is 12.0. The van der Waals surface area contributed by atoms with Gasteiger partial charge in [0.2, 0.25) is 0 Å². The summed E-state index contributed by atoms with van der Waals surface area (Å²) < 4.78 is 0. The van der Waals surface area contributed by atoms with Crippen molar-refractivity contribution in [2.24, 2.45) is 0 Å². The van der Waals surface area contributed by atoms with Crippen LogP contribution in [0.1, 0.15) is 15.9 Å². The lowest BCUT2D eigenvalue weighted by Crippen LogP contribution is -2.12. The monoisotopic (exact) mass is 306 g/mol. The van der Waals surface area contributed by atoms with E-state index in [1.165, 1.54) is 24.3 Å². The molecule has 0 heterocycles. The van der Waals surface area contributed by atoms with Crippen LogP contribution in [0.25, 0.3) is 0 Å². The van der Waals surface area contributed by atoms with Crippen LogP contribution in [-0.4, -0.2) is 15.9 Å². The number of aromatic hydroxyl groups is 1. The highest BCUT2D eigenvalue weighted by molar-refractivity contribution is 6.33. The minimum atomic E-state index is -0.618. The highest BCUT2D eigenvalue weighted by atomic mass is 35.5. The number of nitrogens with one attached hydrogen (secondary N) is 1. The van der Waals surface area contributed by atoms with Crippen molar-refractivity contribution in [2.75, 3.05) is 5.32 Å². The first kappa shape index (κ1) is 14.8. The molecule has 2 aromatic rings. The van der Waals surface area contributed by atoms with Crippen LogP contribution in [-0.2, 0) is 0 Å². The Morgan fingerprint density at radius 3 is 2.57 bits per heavy atom. The van der Waals surface area contributed by atoms with Gasteiger partial charge in [0.1, 0.15) is 10.8 Å². The second kappa shape index (κ2) is 5.80. The molecule has 2 rings (SSSR count). The fraction of sp³-hybridized carbons (Fsp3) is 0.0714. The summed E-state index contributed by atoms with van der Waals surface area (Å²) >= 11 is 5.76. The third-order valence-electron chi connectivity index (χ3n) is 2.86. The molecule has 0 saturated heterocycles. The van der Waals surface area contributed by atoms with Gasteiger partial charge in [-0.15, -0.1) is 0 Å². The smallest absolute Gasteiger partial charge is 0.287 e. The van der Waals surface area contributed by atoms with Gasteiger partial charge >= 0.3 is 0 Å². The van der Waals surface area contributed by atoms with E-state index in [0.29, 0.717) is 11.3 Å². The normalized spacial score (nSPS) is 10.2. The van der Waals surface area contributed by atoms with E-state index in [4.69, 9.17) is 11.6 Å². The van der Waals surface area contributed by atoms with E-state index in [2.05, 4.69) is 5.32 Å². The summed E-state index contributed by atoms with van der Waals surface area (Å²) in [6, 6.07) is 8.37. The Morgan fingerprint density at radius 1 is 1.29 bits per heavy atom. The molecule has 1 amide bonds. The highest BCUT2D eigenvalue weighted by Gasteiger charge is 2.15. The van der Waals surface area contributed by atoms with Crippen LogP contribution < -0.4 is 5.32 Å². The minimum absolute atomic E-state index is 0.102. The van der Waals surface area contributed by atoms with Crippen molar-refractivity contribution < 1.29 is 14.8 Å². The third kappa shape index (κ3) is 3.29. The summed E-state index contributed by atoms with van der Waals surface area (Å²) in [6.07, 6.45) is 0. The zero-order chi connectivity index (χ0) is 15.6. The summed E-state index contributed by atoms with van der Waals surface area (Å²) in [4.78, 5) is 22.1. The molecule has 2 aromatic carbocycles. The Labute approximate surface area is 125 Å². The van der Waals surface area contributed by atoms with Crippen molar-refractivity contribution in [1.82, 2.24) is 0 Å². The maximum Gasteiger partial charge on any atom is 0.287 e. The number of halogens is 1. The van der Waals surface area contributed by atoms with Gasteiger partial charge in [-0.25, -0.2) is 0 Å². The lowest BCUT2D eigenvalue weighted by molar-refractivity contribution is -0.384. The number of carbonyl (C=O) groups excluding carboxylic acids is 1. The van der Waals surface area contributed by atoms with Crippen molar-refractivity contribution >= 4 is 28.9 Å². The van der Waals surface area contributed by atoms with Crippen LogP contribution in [0.4, 0.5) is 11.4 Å². The number of phenolic OH excluding ortho intramolecular Hbond substituents is 1. The van der Waals surface area contributed by atoms with Crippen LogP contribution in [0.15, 0.2) is 36.4 Å². The number of rotatable bonds is 3. The Hall–Kier alpha value is -2.60. The molecule has 2 N–H and O–H groups in total. The van der Waals surface area contributed by atoms with E-state index in [9.17, 15) is 20.0 Å². The first-order valence-corrected chi connectivity index (χ1v) is 6.31. The molecule has 7 heteroatoms. The predicted octanol–water partition coefficient (Wildman–Crippen LogP) is 3.51. The average Bonchev–Trinajstić information content (AvgIpc) is 2.42. The number of nitro benzene ring substituents is 1. The molecule has 0 saturated carbocycles. The molecular weight excluding hydrogens is 296 g/mol. The number of hydrogen-bond donors (Lipinski definition) is 2. The van der Waals surface area contributed by atoms with E-state index in [1.807, 2.05) is 0 Å². The van der Waals surface area contributed by atoms with Crippen molar-refractivity contribution in [3.05, 3.63) is 62.7 Å². The van der Waals surface area contributed by atoms with Gasteiger partial charge in [-0.3, -0.25) is 14.9 Å². The quantitative estimate of drug-likeness (QED) is 0.515. The SMILES string of the molecule is Cc1cc(NC(=O)c2ccc([N+](=O)[O-])c(Cl)c2)ccc1O. The molecule has 21 heavy (non-hydrogen) atoms. The van der Waals surface area contributed by atoms with Gasteiger partial charge in [-0.2, -0.15) is 0 Å². The molecule has 0 unspecified atom stereocenters. The van der Waals surface area contributed by atoms with E-state index >= 15 is 0 Å². The van der Waals surface area contributed by atoms with Gasteiger partial charge in [-0.05, 0) is 42.8 Å². The molecule has 0 radical (unpaired) electrons. The molecule has 0 fully saturated rings. The highest BCUT2D eigenvalue weighted by Crippen LogP contribution is 2.26. The second-order valence-electron chi connectivity index (χ2n) is 4.38. The fourth-order valence-corrected chi connectivity index (χ4v) is 1.98. The van der Waals surface area contributed by atoms with E-state index in [0.717, 1.165) is 0 Å². The number of amides is 1. The van der Waals surface area contributed by atoms with Gasteiger partial charge in [0.25, 0.3) is 11.6 Å². The zero-order valence-corrected chi connectivity index (χ0v) is 11.7. The third-order valence-corrected chi connectivity index (χ3v) is 3.16.